The van der Waals surface area contributed by atoms with Gasteiger partial charge in [-0.3, -0.25) is 0 Å². The molecule has 0 aromatic heterocycles. The fourth-order valence-corrected chi connectivity index (χ4v) is 2.75. The fraction of sp³-hybridized carbons (Fsp3) is 1.00. The first-order valence-corrected chi connectivity index (χ1v) is 7.00. The summed E-state index contributed by atoms with van der Waals surface area (Å²) in [6, 6.07) is 0. The van der Waals surface area contributed by atoms with Crippen molar-refractivity contribution in [1.82, 2.24) is 4.72 Å². The summed E-state index contributed by atoms with van der Waals surface area (Å²) in [5.74, 6) is 0.311. The minimum atomic E-state index is -3.23. The molecule has 0 atom stereocenters. The van der Waals surface area contributed by atoms with Crippen molar-refractivity contribution in [3.05, 3.63) is 0 Å². The zero-order chi connectivity index (χ0) is 11.4. The van der Waals surface area contributed by atoms with E-state index in [2.05, 4.69) is 4.72 Å². The third kappa shape index (κ3) is 3.41. The van der Waals surface area contributed by atoms with Crippen molar-refractivity contribution in [2.24, 2.45) is 0 Å². The molecular formula is C9H20ClNO2S. The first-order valence-electron chi connectivity index (χ1n) is 4.92. The molecule has 0 rings (SSSR count). The van der Waals surface area contributed by atoms with Gasteiger partial charge in [-0.25, -0.2) is 13.1 Å². The van der Waals surface area contributed by atoms with Gasteiger partial charge in [0.05, 0.1) is 5.25 Å². The summed E-state index contributed by atoms with van der Waals surface area (Å²) in [6.07, 6.45) is 1.41. The molecule has 0 amide bonds. The van der Waals surface area contributed by atoms with Crippen LogP contribution in [0.25, 0.3) is 0 Å². The highest BCUT2D eigenvalue weighted by molar-refractivity contribution is 7.90. The third-order valence-electron chi connectivity index (χ3n) is 2.59. The summed E-state index contributed by atoms with van der Waals surface area (Å²) < 4.78 is 26.0. The van der Waals surface area contributed by atoms with Crippen molar-refractivity contribution in [3.63, 3.8) is 0 Å². The molecule has 0 heterocycles. The van der Waals surface area contributed by atoms with Crippen molar-refractivity contribution in [2.45, 2.75) is 51.3 Å². The number of nitrogens with one attached hydrogen (secondary N) is 1. The second kappa shape index (κ2) is 5.33. The van der Waals surface area contributed by atoms with E-state index in [-0.39, 0.29) is 0 Å². The molecule has 1 N–H and O–H groups in total. The van der Waals surface area contributed by atoms with Crippen LogP contribution in [0.2, 0.25) is 0 Å². The average molecular weight is 242 g/mol. The second-order valence-corrected chi connectivity index (χ2v) is 6.32. The normalized spacial score (nSPS) is 13.6. The summed E-state index contributed by atoms with van der Waals surface area (Å²) in [5, 5.41) is -0.414. The topological polar surface area (TPSA) is 46.2 Å². The molecular weight excluding hydrogens is 222 g/mol. The Morgan fingerprint density at radius 2 is 1.71 bits per heavy atom. The molecule has 0 radical (unpaired) electrons. The second-order valence-electron chi connectivity index (χ2n) is 3.82. The van der Waals surface area contributed by atoms with E-state index in [9.17, 15) is 8.42 Å². The van der Waals surface area contributed by atoms with Crippen LogP contribution in [-0.2, 0) is 10.0 Å². The number of hydrogen-bond acceptors (Lipinski definition) is 2. The van der Waals surface area contributed by atoms with Crippen LogP contribution in [0, 0.1) is 0 Å². The molecule has 0 aliphatic rings. The average Bonchev–Trinajstić information content (AvgIpc) is 2.14. The van der Waals surface area contributed by atoms with Gasteiger partial charge in [-0.1, -0.05) is 13.8 Å². The number of hydrogen-bond donors (Lipinski definition) is 1. The zero-order valence-electron chi connectivity index (χ0n) is 9.30. The van der Waals surface area contributed by atoms with Crippen molar-refractivity contribution in [1.29, 1.82) is 0 Å². The maximum atomic E-state index is 11.7. The van der Waals surface area contributed by atoms with Crippen molar-refractivity contribution >= 4 is 21.6 Å². The fourth-order valence-electron chi connectivity index (χ4n) is 1.03. The smallest absolute Gasteiger partial charge is 0.212 e. The predicted molar refractivity (Wildman–Crippen MR) is 61.2 cm³/mol. The lowest BCUT2D eigenvalue weighted by Gasteiger charge is -2.31. The zero-order valence-corrected chi connectivity index (χ0v) is 10.9. The minimum absolute atomic E-state index is 0.311. The van der Waals surface area contributed by atoms with Crippen LogP contribution < -0.4 is 4.72 Å². The van der Waals surface area contributed by atoms with Crippen LogP contribution in [-0.4, -0.2) is 25.1 Å². The number of halogens is 1. The molecule has 0 unspecified atom stereocenters. The van der Waals surface area contributed by atoms with Crippen LogP contribution in [0.15, 0.2) is 0 Å². The largest absolute Gasteiger partial charge is 0.214 e. The van der Waals surface area contributed by atoms with Gasteiger partial charge in [0.15, 0.2) is 0 Å². The van der Waals surface area contributed by atoms with Gasteiger partial charge in [-0.2, -0.15) is 0 Å². The molecule has 0 aliphatic carbocycles. The molecule has 0 aromatic rings. The Kier molecular flexibility index (Phi) is 5.41. The van der Waals surface area contributed by atoms with Gasteiger partial charge < -0.3 is 0 Å². The number of alkyl halides is 1. The Hall–Kier alpha value is 0.200. The van der Waals surface area contributed by atoms with Crippen molar-refractivity contribution in [2.75, 3.05) is 5.88 Å². The Morgan fingerprint density at radius 1 is 1.29 bits per heavy atom. The lowest BCUT2D eigenvalue weighted by atomic mass is 9.97. The molecule has 86 valence electrons. The van der Waals surface area contributed by atoms with Crippen LogP contribution in [0.5, 0.6) is 0 Å². The highest BCUT2D eigenvalue weighted by Crippen LogP contribution is 2.19. The molecule has 3 nitrogen and oxygen atoms in total. The van der Waals surface area contributed by atoms with E-state index in [4.69, 9.17) is 11.6 Å². The summed E-state index contributed by atoms with van der Waals surface area (Å²) >= 11 is 5.81. The molecule has 0 aromatic carbocycles. The molecule has 14 heavy (non-hydrogen) atoms. The van der Waals surface area contributed by atoms with Crippen molar-refractivity contribution in [3.8, 4) is 0 Å². The Bertz CT molecular complexity index is 250. The lowest BCUT2D eigenvalue weighted by Crippen LogP contribution is -2.51. The van der Waals surface area contributed by atoms with Crippen LogP contribution in [0.1, 0.15) is 40.5 Å². The molecule has 0 aliphatic heterocycles. The first kappa shape index (κ1) is 14.2. The molecule has 0 bridgehead atoms. The first-order chi connectivity index (χ1) is 6.33. The molecule has 5 heteroatoms. The minimum Gasteiger partial charge on any atom is -0.212 e. The monoisotopic (exact) mass is 241 g/mol. The lowest BCUT2D eigenvalue weighted by molar-refractivity contribution is 0.392. The van der Waals surface area contributed by atoms with E-state index >= 15 is 0 Å². The Morgan fingerprint density at radius 3 is 1.93 bits per heavy atom. The quantitative estimate of drug-likeness (QED) is 0.724. The van der Waals surface area contributed by atoms with Gasteiger partial charge in [0, 0.05) is 11.4 Å². The highest BCUT2D eigenvalue weighted by atomic mass is 35.5. The maximum absolute atomic E-state index is 11.7. The maximum Gasteiger partial charge on any atom is 0.214 e. The molecule has 0 spiro atoms. The highest BCUT2D eigenvalue weighted by Gasteiger charge is 2.31. The van der Waals surface area contributed by atoms with E-state index in [0.29, 0.717) is 18.7 Å². The van der Waals surface area contributed by atoms with E-state index in [1.807, 2.05) is 13.8 Å². The van der Waals surface area contributed by atoms with Gasteiger partial charge in [0.25, 0.3) is 0 Å². The molecule has 0 saturated heterocycles. The van der Waals surface area contributed by atoms with Gasteiger partial charge in [-0.05, 0) is 26.7 Å². The third-order valence-corrected chi connectivity index (χ3v) is 5.06. The predicted octanol–water partition coefficient (Wildman–Crippen LogP) is 2.11. The molecule has 0 saturated carbocycles. The SMILES string of the molecule is CCC(CC)(CCl)NS(=O)(=O)C(C)C. The van der Waals surface area contributed by atoms with Gasteiger partial charge in [0.1, 0.15) is 0 Å². The summed E-state index contributed by atoms with van der Waals surface area (Å²) in [6.45, 7) is 7.20. The van der Waals surface area contributed by atoms with E-state index in [1.165, 1.54) is 0 Å². The van der Waals surface area contributed by atoms with Crippen molar-refractivity contribution < 1.29 is 8.42 Å². The molecule has 0 fully saturated rings. The summed E-state index contributed by atoms with van der Waals surface area (Å²) in [4.78, 5) is 0. The number of rotatable bonds is 6. The van der Waals surface area contributed by atoms with Crippen LogP contribution >= 0.6 is 11.6 Å². The summed E-state index contributed by atoms with van der Waals surface area (Å²) in [7, 11) is -3.23. The van der Waals surface area contributed by atoms with Gasteiger partial charge in [0.2, 0.25) is 10.0 Å². The van der Waals surface area contributed by atoms with E-state index in [1.54, 1.807) is 13.8 Å². The van der Waals surface area contributed by atoms with E-state index in [0.717, 1.165) is 0 Å². The van der Waals surface area contributed by atoms with Gasteiger partial charge in [-0.15, -0.1) is 11.6 Å². The Labute approximate surface area is 92.3 Å². The Balaban J connectivity index is 4.78. The van der Waals surface area contributed by atoms with Crippen LogP contribution in [0.3, 0.4) is 0 Å². The van der Waals surface area contributed by atoms with Crippen LogP contribution in [0.4, 0.5) is 0 Å². The van der Waals surface area contributed by atoms with E-state index < -0.39 is 20.8 Å². The van der Waals surface area contributed by atoms with Gasteiger partial charge >= 0.3 is 0 Å². The number of sulfonamides is 1. The standard InChI is InChI=1S/C9H20ClNO2S/c1-5-9(6-2,7-10)11-14(12,13)8(3)4/h8,11H,5-7H2,1-4H3. The summed E-state index contributed by atoms with van der Waals surface area (Å²) in [5.41, 5.74) is -0.481.